The number of carbonyl (C=O) groups is 1. The fraction of sp³-hybridized carbons (Fsp3) is 0. The van der Waals surface area contributed by atoms with Crippen molar-refractivity contribution < 1.29 is 14.3 Å². The largest absolute Gasteiger partial charge is 0.477 e. The number of para-hydroxylation sites is 2. The van der Waals surface area contributed by atoms with Crippen LogP contribution < -0.4 is 0 Å². The third-order valence-corrected chi connectivity index (χ3v) is 3.29. The van der Waals surface area contributed by atoms with Gasteiger partial charge in [0.1, 0.15) is 11.1 Å². The van der Waals surface area contributed by atoms with Crippen LogP contribution in [0, 0.1) is 0 Å². The van der Waals surface area contributed by atoms with Gasteiger partial charge in [0.2, 0.25) is 0 Å². The van der Waals surface area contributed by atoms with Crippen molar-refractivity contribution >= 4 is 17.1 Å². The maximum atomic E-state index is 11.4. The average molecular weight is 294 g/mol. The molecule has 0 aliphatic heterocycles. The molecule has 3 aromatic heterocycles. The molecule has 3 heterocycles. The molecule has 7 heteroatoms. The van der Waals surface area contributed by atoms with Gasteiger partial charge in [0.05, 0.1) is 6.20 Å². The van der Waals surface area contributed by atoms with Crippen molar-refractivity contribution in [2.45, 2.75) is 0 Å². The highest BCUT2D eigenvalue weighted by atomic mass is 16.4. The van der Waals surface area contributed by atoms with E-state index in [4.69, 9.17) is 4.42 Å². The van der Waals surface area contributed by atoms with Crippen molar-refractivity contribution in [2.75, 3.05) is 0 Å². The summed E-state index contributed by atoms with van der Waals surface area (Å²) in [5.74, 6) is -0.699. The molecule has 0 atom stereocenters. The monoisotopic (exact) mass is 294 g/mol. The Morgan fingerprint density at radius 1 is 1.14 bits per heavy atom. The molecule has 7 nitrogen and oxygen atoms in total. The first-order valence-corrected chi connectivity index (χ1v) is 6.54. The predicted octanol–water partition coefficient (Wildman–Crippen LogP) is 2.50. The molecule has 0 aliphatic carbocycles. The lowest BCUT2D eigenvalue weighted by molar-refractivity contribution is 0.0697. The quantitative estimate of drug-likeness (QED) is 0.627. The highest BCUT2D eigenvalue weighted by Crippen LogP contribution is 2.22. The Kier molecular flexibility index (Phi) is 2.59. The molecular weight excluding hydrogens is 284 g/mol. The summed E-state index contributed by atoms with van der Waals surface area (Å²) in [4.78, 5) is 15.8. The molecule has 0 saturated heterocycles. The number of oxazole rings is 1. The van der Waals surface area contributed by atoms with E-state index in [0.717, 1.165) is 0 Å². The van der Waals surface area contributed by atoms with E-state index >= 15 is 0 Å². The van der Waals surface area contributed by atoms with Gasteiger partial charge in [-0.1, -0.05) is 12.1 Å². The molecule has 0 amide bonds. The maximum absolute atomic E-state index is 11.4. The van der Waals surface area contributed by atoms with Gasteiger partial charge in [-0.25, -0.2) is 4.79 Å². The topological polar surface area (TPSA) is 86.1 Å². The fourth-order valence-electron chi connectivity index (χ4n) is 2.31. The van der Waals surface area contributed by atoms with Crippen LogP contribution in [0.2, 0.25) is 0 Å². The molecule has 0 fully saturated rings. The summed E-state index contributed by atoms with van der Waals surface area (Å²) in [5.41, 5.74) is 1.37. The smallest absolute Gasteiger partial charge is 0.341 e. The molecule has 0 saturated carbocycles. The Labute approximate surface area is 124 Å². The molecular formula is C15H10N4O3. The normalized spacial score (nSPS) is 11.1. The van der Waals surface area contributed by atoms with E-state index < -0.39 is 5.97 Å². The lowest BCUT2D eigenvalue weighted by atomic mass is 10.3. The second-order valence-electron chi connectivity index (χ2n) is 4.65. The Hall–Kier alpha value is -3.35. The van der Waals surface area contributed by atoms with Crippen LogP contribution >= 0.6 is 0 Å². The molecule has 108 valence electrons. The minimum atomic E-state index is -1.06. The molecule has 4 rings (SSSR count). The van der Waals surface area contributed by atoms with E-state index in [1.54, 1.807) is 35.2 Å². The number of nitrogens with zero attached hydrogens (tertiary/aromatic N) is 4. The number of hydrogen-bond donors (Lipinski definition) is 1. The first kappa shape index (κ1) is 12.4. The molecule has 1 N–H and O–H groups in total. The zero-order valence-electron chi connectivity index (χ0n) is 11.2. The van der Waals surface area contributed by atoms with Gasteiger partial charge >= 0.3 is 12.0 Å². The lowest BCUT2D eigenvalue weighted by Crippen LogP contribution is -2.08. The Balaban J connectivity index is 1.97. The molecule has 0 radical (unpaired) electrons. The molecule has 0 bridgehead atoms. The highest BCUT2D eigenvalue weighted by molar-refractivity contribution is 5.91. The van der Waals surface area contributed by atoms with Crippen molar-refractivity contribution in [1.82, 2.24) is 19.3 Å². The summed E-state index contributed by atoms with van der Waals surface area (Å²) >= 11 is 0. The highest BCUT2D eigenvalue weighted by Gasteiger charge is 2.21. The molecule has 1 aromatic carbocycles. The number of carboxylic acid groups (broad SMARTS) is 1. The third kappa shape index (κ3) is 1.80. The minimum absolute atomic E-state index is 0.0680. The minimum Gasteiger partial charge on any atom is -0.477 e. The van der Waals surface area contributed by atoms with Crippen LogP contribution in [0.15, 0.2) is 59.4 Å². The summed E-state index contributed by atoms with van der Waals surface area (Å²) in [6.45, 7) is 0. The molecule has 0 unspecified atom stereocenters. The summed E-state index contributed by atoms with van der Waals surface area (Å²) in [5, 5.41) is 13.5. The first-order chi connectivity index (χ1) is 10.7. The van der Waals surface area contributed by atoms with Crippen LogP contribution in [0.5, 0.6) is 0 Å². The van der Waals surface area contributed by atoms with Gasteiger partial charge < -0.3 is 14.1 Å². The number of carboxylic acids is 1. The summed E-state index contributed by atoms with van der Waals surface area (Å²) in [6.07, 6.45) is 4.76. The number of benzene rings is 1. The van der Waals surface area contributed by atoms with Gasteiger partial charge in [-0.05, 0) is 24.3 Å². The molecule has 0 aliphatic rings. The van der Waals surface area contributed by atoms with Crippen LogP contribution in [0.1, 0.15) is 10.4 Å². The van der Waals surface area contributed by atoms with E-state index in [9.17, 15) is 9.90 Å². The Morgan fingerprint density at radius 3 is 2.64 bits per heavy atom. The van der Waals surface area contributed by atoms with E-state index in [-0.39, 0.29) is 11.6 Å². The summed E-state index contributed by atoms with van der Waals surface area (Å²) in [6, 6.07) is 11.1. The standard InChI is InChI=1S/C15H10N4O3/c20-14(21)10-9-16-19(13(10)18-7-3-4-8-18)15-17-11-5-1-2-6-12(11)22-15/h1-9H,(H,20,21). The van der Waals surface area contributed by atoms with Crippen molar-refractivity contribution in [3.8, 4) is 11.8 Å². The Bertz CT molecular complexity index is 933. The predicted molar refractivity (Wildman–Crippen MR) is 77.4 cm³/mol. The fourth-order valence-corrected chi connectivity index (χ4v) is 2.31. The number of aromatic carboxylic acids is 1. The van der Waals surface area contributed by atoms with Gasteiger partial charge in [0.25, 0.3) is 0 Å². The summed E-state index contributed by atoms with van der Waals surface area (Å²) in [7, 11) is 0. The van der Waals surface area contributed by atoms with Gasteiger partial charge in [0.15, 0.2) is 11.4 Å². The zero-order valence-corrected chi connectivity index (χ0v) is 11.2. The van der Waals surface area contributed by atoms with Crippen molar-refractivity contribution in [3.63, 3.8) is 0 Å². The van der Waals surface area contributed by atoms with Gasteiger partial charge in [-0.2, -0.15) is 14.8 Å². The van der Waals surface area contributed by atoms with Crippen LogP contribution in [0.25, 0.3) is 22.9 Å². The van der Waals surface area contributed by atoms with Crippen LogP contribution in [0.3, 0.4) is 0 Å². The van der Waals surface area contributed by atoms with Crippen LogP contribution in [-0.2, 0) is 0 Å². The number of fused-ring (bicyclic) bond motifs is 1. The molecule has 4 aromatic rings. The number of hydrogen-bond acceptors (Lipinski definition) is 4. The SMILES string of the molecule is O=C(O)c1cnn(-c2nc3ccccc3o2)c1-n1cccc1. The van der Waals surface area contributed by atoms with E-state index in [2.05, 4.69) is 10.1 Å². The lowest BCUT2D eigenvalue weighted by Gasteiger charge is -2.05. The van der Waals surface area contributed by atoms with Gasteiger partial charge in [0, 0.05) is 12.4 Å². The zero-order chi connectivity index (χ0) is 15.1. The first-order valence-electron chi connectivity index (χ1n) is 6.54. The average Bonchev–Trinajstić information content (AvgIpc) is 3.24. The van der Waals surface area contributed by atoms with Gasteiger partial charge in [-0.3, -0.25) is 0 Å². The van der Waals surface area contributed by atoms with Crippen LogP contribution in [-0.4, -0.2) is 30.4 Å². The van der Waals surface area contributed by atoms with Gasteiger partial charge in [-0.15, -0.1) is 0 Å². The van der Waals surface area contributed by atoms with Crippen molar-refractivity contribution in [3.05, 3.63) is 60.6 Å². The third-order valence-electron chi connectivity index (χ3n) is 3.29. The maximum Gasteiger partial charge on any atom is 0.341 e. The molecule has 22 heavy (non-hydrogen) atoms. The van der Waals surface area contributed by atoms with E-state index in [0.29, 0.717) is 16.9 Å². The van der Waals surface area contributed by atoms with E-state index in [1.165, 1.54) is 10.9 Å². The van der Waals surface area contributed by atoms with E-state index in [1.807, 2.05) is 18.2 Å². The summed E-state index contributed by atoms with van der Waals surface area (Å²) < 4.78 is 8.71. The van der Waals surface area contributed by atoms with Crippen molar-refractivity contribution in [2.24, 2.45) is 0 Å². The second-order valence-corrected chi connectivity index (χ2v) is 4.65. The Morgan fingerprint density at radius 2 is 1.91 bits per heavy atom. The number of aromatic nitrogens is 4. The number of rotatable bonds is 3. The molecule has 0 spiro atoms. The van der Waals surface area contributed by atoms with Crippen LogP contribution in [0.4, 0.5) is 0 Å². The second kappa shape index (κ2) is 4.59. The van der Waals surface area contributed by atoms with Crippen molar-refractivity contribution in [1.29, 1.82) is 0 Å².